The number of fused-ring (bicyclic) bond motifs is 3. The minimum Gasteiger partial charge on any atom is -0.335 e. The molecule has 1 amide bonds. The second kappa shape index (κ2) is 9.32. The van der Waals surface area contributed by atoms with E-state index in [2.05, 4.69) is 46.3 Å². The molecule has 31 heavy (non-hydrogen) atoms. The van der Waals surface area contributed by atoms with E-state index in [-0.39, 0.29) is 5.91 Å². The molecule has 2 unspecified atom stereocenters. The second-order valence-electron chi connectivity index (χ2n) is 10.00. The lowest BCUT2D eigenvalue weighted by Crippen LogP contribution is -2.47. The van der Waals surface area contributed by atoms with Crippen molar-refractivity contribution in [2.24, 2.45) is 13.0 Å². The van der Waals surface area contributed by atoms with Crippen LogP contribution >= 0.6 is 0 Å². The van der Waals surface area contributed by atoms with Gasteiger partial charge in [0.15, 0.2) is 0 Å². The molecule has 0 aliphatic carbocycles. The number of hydrogen-bond acceptors (Lipinski definition) is 3. The largest absolute Gasteiger partial charge is 0.335 e. The van der Waals surface area contributed by atoms with Gasteiger partial charge in [0, 0.05) is 37.3 Å². The molecule has 1 aromatic heterocycles. The smallest absolute Gasteiger partial charge is 0.254 e. The van der Waals surface area contributed by atoms with Crippen LogP contribution in [0.2, 0.25) is 0 Å². The Kier molecular flexibility index (Phi) is 6.71. The van der Waals surface area contributed by atoms with E-state index in [9.17, 15) is 4.79 Å². The molecule has 0 spiro atoms. The summed E-state index contributed by atoms with van der Waals surface area (Å²) in [5, 5.41) is 0. The van der Waals surface area contributed by atoms with Gasteiger partial charge in [-0.1, -0.05) is 26.7 Å². The third-order valence-corrected chi connectivity index (χ3v) is 7.95. The maximum atomic E-state index is 13.9. The molecule has 2 aliphatic heterocycles. The van der Waals surface area contributed by atoms with Crippen LogP contribution in [0.25, 0.3) is 11.0 Å². The van der Waals surface area contributed by atoms with Crippen molar-refractivity contribution in [2.75, 3.05) is 13.6 Å². The summed E-state index contributed by atoms with van der Waals surface area (Å²) in [7, 11) is 4.33. The van der Waals surface area contributed by atoms with E-state index in [1.54, 1.807) is 0 Å². The molecule has 0 radical (unpaired) electrons. The first kappa shape index (κ1) is 22.3. The molecule has 3 heterocycles. The molecule has 2 aromatic rings. The summed E-state index contributed by atoms with van der Waals surface area (Å²) in [6.07, 6.45) is 9.54. The average Bonchev–Trinajstić information content (AvgIpc) is 3.13. The summed E-state index contributed by atoms with van der Waals surface area (Å²) >= 11 is 0. The van der Waals surface area contributed by atoms with Crippen molar-refractivity contribution in [2.45, 2.75) is 90.3 Å². The van der Waals surface area contributed by atoms with Crippen molar-refractivity contribution in [3.63, 3.8) is 0 Å². The lowest BCUT2D eigenvalue weighted by molar-refractivity contribution is 0.0519. The number of hydrogen-bond donors (Lipinski definition) is 0. The van der Waals surface area contributed by atoms with E-state index >= 15 is 0 Å². The molecule has 5 heteroatoms. The standard InChI is InChI=1S/C26H40N4O/c1-6-8-21(9-7-2)30(17-19-14-22-11-12-23(15-19)29(22)5)26(31)20-10-13-25-24(16-20)27-18(3)28(25)4/h10,13,16,19,21-23H,6-9,11-12,14-15,17H2,1-5H3. The van der Waals surface area contributed by atoms with Crippen molar-refractivity contribution in [3.8, 4) is 0 Å². The zero-order chi connectivity index (χ0) is 22.1. The quantitative estimate of drug-likeness (QED) is 0.587. The Bertz CT molecular complexity index is 900. The number of carbonyl (C=O) groups is 1. The number of aryl methyl sites for hydroxylation is 2. The van der Waals surface area contributed by atoms with Gasteiger partial charge in [0.25, 0.3) is 5.91 Å². The van der Waals surface area contributed by atoms with Crippen molar-refractivity contribution >= 4 is 16.9 Å². The number of carbonyl (C=O) groups excluding carboxylic acids is 1. The van der Waals surface area contributed by atoms with Crippen LogP contribution in [0.15, 0.2) is 18.2 Å². The topological polar surface area (TPSA) is 41.4 Å². The number of rotatable bonds is 8. The fourth-order valence-electron chi connectivity index (χ4n) is 6.09. The normalized spacial score (nSPS) is 23.7. The lowest BCUT2D eigenvalue weighted by Gasteiger charge is -2.40. The van der Waals surface area contributed by atoms with E-state index in [0.29, 0.717) is 24.0 Å². The number of imidazole rings is 1. The molecule has 2 aliphatic rings. The first-order valence-electron chi connectivity index (χ1n) is 12.4. The Balaban J connectivity index is 1.60. The third kappa shape index (κ3) is 4.39. The van der Waals surface area contributed by atoms with Crippen molar-refractivity contribution in [1.29, 1.82) is 0 Å². The Hall–Kier alpha value is -1.88. The van der Waals surface area contributed by atoms with Gasteiger partial charge in [-0.05, 0) is 76.6 Å². The number of piperidine rings is 1. The molecular weight excluding hydrogens is 384 g/mol. The van der Waals surface area contributed by atoms with Crippen LogP contribution in [0, 0.1) is 12.8 Å². The van der Waals surface area contributed by atoms with Gasteiger partial charge >= 0.3 is 0 Å². The lowest BCUT2D eigenvalue weighted by atomic mass is 9.89. The van der Waals surface area contributed by atoms with E-state index in [4.69, 9.17) is 0 Å². The molecular formula is C26H40N4O. The van der Waals surface area contributed by atoms with Crippen molar-refractivity contribution in [1.82, 2.24) is 19.4 Å². The highest BCUT2D eigenvalue weighted by molar-refractivity contribution is 5.97. The molecule has 170 valence electrons. The van der Waals surface area contributed by atoms with Gasteiger partial charge in [-0.2, -0.15) is 0 Å². The minimum atomic E-state index is 0.198. The highest BCUT2D eigenvalue weighted by Gasteiger charge is 2.40. The van der Waals surface area contributed by atoms with Gasteiger partial charge in [0.1, 0.15) is 5.82 Å². The van der Waals surface area contributed by atoms with Gasteiger partial charge in [-0.3, -0.25) is 4.79 Å². The highest BCUT2D eigenvalue weighted by Crippen LogP contribution is 2.38. The Morgan fingerprint density at radius 2 is 1.77 bits per heavy atom. The highest BCUT2D eigenvalue weighted by atomic mass is 16.2. The predicted molar refractivity (Wildman–Crippen MR) is 127 cm³/mol. The van der Waals surface area contributed by atoms with E-state index in [1.165, 1.54) is 25.7 Å². The van der Waals surface area contributed by atoms with Crippen LogP contribution in [0.1, 0.15) is 81.4 Å². The summed E-state index contributed by atoms with van der Waals surface area (Å²) in [4.78, 5) is 23.4. The molecule has 2 atom stereocenters. The van der Waals surface area contributed by atoms with Crippen LogP contribution in [0.3, 0.4) is 0 Å². The molecule has 2 saturated heterocycles. The van der Waals surface area contributed by atoms with Crippen LogP contribution in [-0.2, 0) is 7.05 Å². The zero-order valence-electron chi connectivity index (χ0n) is 20.1. The molecule has 5 nitrogen and oxygen atoms in total. The summed E-state index contributed by atoms with van der Waals surface area (Å²) in [5.74, 6) is 1.80. The maximum absolute atomic E-state index is 13.9. The molecule has 0 saturated carbocycles. The maximum Gasteiger partial charge on any atom is 0.254 e. The Morgan fingerprint density at radius 3 is 2.39 bits per heavy atom. The van der Waals surface area contributed by atoms with Crippen molar-refractivity contribution in [3.05, 3.63) is 29.6 Å². The van der Waals surface area contributed by atoms with Crippen molar-refractivity contribution < 1.29 is 4.79 Å². The monoisotopic (exact) mass is 424 g/mol. The number of benzene rings is 1. The number of amides is 1. The third-order valence-electron chi connectivity index (χ3n) is 7.95. The van der Waals surface area contributed by atoms with Gasteiger partial charge in [0.05, 0.1) is 11.0 Å². The Labute approximate surface area is 187 Å². The van der Waals surface area contributed by atoms with Crippen LogP contribution in [0.5, 0.6) is 0 Å². The first-order chi connectivity index (χ1) is 14.9. The van der Waals surface area contributed by atoms with Crippen LogP contribution in [-0.4, -0.2) is 57.0 Å². The fraction of sp³-hybridized carbons (Fsp3) is 0.692. The van der Waals surface area contributed by atoms with Gasteiger partial charge in [0.2, 0.25) is 0 Å². The predicted octanol–water partition coefficient (Wildman–Crippen LogP) is 5.17. The van der Waals surface area contributed by atoms with Crippen LogP contribution in [0.4, 0.5) is 0 Å². The zero-order valence-corrected chi connectivity index (χ0v) is 20.1. The van der Waals surface area contributed by atoms with Gasteiger partial charge in [-0.25, -0.2) is 4.98 Å². The molecule has 4 rings (SSSR count). The van der Waals surface area contributed by atoms with E-state index in [1.807, 2.05) is 26.1 Å². The first-order valence-corrected chi connectivity index (χ1v) is 12.4. The van der Waals surface area contributed by atoms with E-state index < -0.39 is 0 Å². The van der Waals surface area contributed by atoms with Gasteiger partial charge in [-0.15, -0.1) is 0 Å². The molecule has 0 N–H and O–H groups in total. The average molecular weight is 425 g/mol. The molecule has 2 fully saturated rings. The van der Waals surface area contributed by atoms with Gasteiger partial charge < -0.3 is 14.4 Å². The minimum absolute atomic E-state index is 0.198. The molecule has 2 bridgehead atoms. The summed E-state index contributed by atoms with van der Waals surface area (Å²) < 4.78 is 2.09. The van der Waals surface area contributed by atoms with E-state index in [0.717, 1.165) is 54.6 Å². The molecule has 1 aromatic carbocycles. The fourth-order valence-corrected chi connectivity index (χ4v) is 6.09. The second-order valence-corrected chi connectivity index (χ2v) is 10.00. The summed E-state index contributed by atoms with van der Waals surface area (Å²) in [6.45, 7) is 7.40. The SMILES string of the molecule is CCCC(CCC)N(CC1CC2CCC(C1)N2C)C(=O)c1ccc2c(c1)nc(C)n2C. The number of aromatic nitrogens is 2. The summed E-state index contributed by atoms with van der Waals surface area (Å²) in [6, 6.07) is 7.83. The Morgan fingerprint density at radius 1 is 1.13 bits per heavy atom. The number of nitrogens with zero attached hydrogens (tertiary/aromatic N) is 4. The summed E-state index contributed by atoms with van der Waals surface area (Å²) in [5.41, 5.74) is 2.80. The van der Waals surface area contributed by atoms with Crippen LogP contribution < -0.4 is 0 Å².